The van der Waals surface area contributed by atoms with E-state index < -0.39 is 33.3 Å². The van der Waals surface area contributed by atoms with Gasteiger partial charge in [0.05, 0.1) is 24.2 Å². The van der Waals surface area contributed by atoms with Crippen LogP contribution in [0.2, 0.25) is 0 Å². The predicted octanol–water partition coefficient (Wildman–Crippen LogP) is 0.0660. The summed E-state index contributed by atoms with van der Waals surface area (Å²) in [6.07, 6.45) is 2.15. The number of carbonyl (C=O) groups is 2. The number of rotatable bonds is 5. The quantitative estimate of drug-likeness (QED) is 0.721. The van der Waals surface area contributed by atoms with Crippen LogP contribution in [0.5, 0.6) is 0 Å². The van der Waals surface area contributed by atoms with Gasteiger partial charge in [0.25, 0.3) is 0 Å². The smallest absolute Gasteiger partial charge is 0.312 e. The van der Waals surface area contributed by atoms with Gasteiger partial charge in [0.15, 0.2) is 0 Å². The average Bonchev–Trinajstić information content (AvgIpc) is 2.83. The summed E-state index contributed by atoms with van der Waals surface area (Å²) < 4.78 is 30.6. The molecule has 1 aliphatic carbocycles. The maximum absolute atomic E-state index is 12.4. The van der Waals surface area contributed by atoms with Gasteiger partial charge in [-0.15, -0.1) is 0 Å². The van der Waals surface area contributed by atoms with E-state index in [1.54, 1.807) is 0 Å². The summed E-state index contributed by atoms with van der Waals surface area (Å²) in [4.78, 5) is 22.7. The van der Waals surface area contributed by atoms with Gasteiger partial charge in [0.1, 0.15) is 0 Å². The molecule has 0 amide bonds. The van der Waals surface area contributed by atoms with Crippen LogP contribution in [0.15, 0.2) is 0 Å². The number of ether oxygens (including phenoxy) is 1. The maximum atomic E-state index is 12.4. The first-order valence-corrected chi connectivity index (χ1v) is 8.21. The number of esters is 1. The van der Waals surface area contributed by atoms with Gasteiger partial charge < -0.3 is 9.84 Å². The molecule has 1 saturated carbocycles. The van der Waals surface area contributed by atoms with Crippen molar-refractivity contribution >= 4 is 22.0 Å². The van der Waals surface area contributed by atoms with Crippen molar-refractivity contribution in [3.05, 3.63) is 0 Å². The summed E-state index contributed by atoms with van der Waals surface area (Å²) in [5, 5.41) is 8.92. The van der Waals surface area contributed by atoms with Crippen molar-refractivity contribution in [3.63, 3.8) is 0 Å². The normalized spacial score (nSPS) is 25.9. The topological polar surface area (TPSA) is 101 Å². The first-order chi connectivity index (χ1) is 9.31. The monoisotopic (exact) mass is 305 g/mol. The summed E-state index contributed by atoms with van der Waals surface area (Å²) in [5.74, 6) is -2.39. The van der Waals surface area contributed by atoms with E-state index in [0.717, 1.165) is 6.42 Å². The lowest BCUT2D eigenvalue weighted by Gasteiger charge is -2.39. The highest BCUT2D eigenvalue weighted by molar-refractivity contribution is 7.89. The fourth-order valence-electron chi connectivity index (χ4n) is 2.85. The van der Waals surface area contributed by atoms with Crippen molar-refractivity contribution in [2.75, 3.05) is 26.0 Å². The van der Waals surface area contributed by atoms with E-state index in [2.05, 4.69) is 0 Å². The van der Waals surface area contributed by atoms with Gasteiger partial charge >= 0.3 is 11.9 Å². The molecule has 1 N–H and O–H groups in total. The third kappa shape index (κ3) is 2.67. The summed E-state index contributed by atoms with van der Waals surface area (Å²) >= 11 is 0. The number of nitrogens with zero attached hydrogens (tertiary/aromatic N) is 1. The number of carbonyl (C=O) groups excluding carboxylic acids is 1. The molecule has 0 bridgehead atoms. The molecular weight excluding hydrogens is 286 g/mol. The van der Waals surface area contributed by atoms with Crippen molar-refractivity contribution < 1.29 is 27.9 Å². The van der Waals surface area contributed by atoms with Crippen molar-refractivity contribution in [1.29, 1.82) is 0 Å². The van der Waals surface area contributed by atoms with Crippen LogP contribution in [0.25, 0.3) is 0 Å². The number of aliphatic carboxylic acids is 1. The number of methoxy groups -OCH3 is 1. The van der Waals surface area contributed by atoms with Crippen molar-refractivity contribution in [1.82, 2.24) is 4.31 Å². The number of carboxylic acids is 1. The van der Waals surface area contributed by atoms with Crippen LogP contribution in [0, 0.1) is 11.3 Å². The van der Waals surface area contributed by atoms with Crippen LogP contribution < -0.4 is 0 Å². The molecule has 2 fully saturated rings. The van der Waals surface area contributed by atoms with E-state index in [-0.39, 0.29) is 18.8 Å². The zero-order chi connectivity index (χ0) is 15.0. The molecule has 0 aromatic heterocycles. The molecule has 2 aliphatic rings. The minimum absolute atomic E-state index is 0.00504. The molecule has 2 rings (SSSR count). The Labute approximate surface area is 117 Å². The van der Waals surface area contributed by atoms with Gasteiger partial charge in [-0.05, 0) is 19.3 Å². The summed E-state index contributed by atoms with van der Waals surface area (Å²) in [7, 11) is -2.38. The summed E-state index contributed by atoms with van der Waals surface area (Å²) in [6.45, 7) is 0.200. The van der Waals surface area contributed by atoms with Crippen molar-refractivity contribution in [2.45, 2.75) is 25.7 Å². The Morgan fingerprint density at radius 1 is 1.40 bits per heavy atom. The second-order valence-electron chi connectivity index (χ2n) is 5.56. The third-order valence-corrected chi connectivity index (χ3v) is 6.32. The molecule has 1 unspecified atom stereocenters. The third-order valence-electron chi connectivity index (χ3n) is 4.28. The van der Waals surface area contributed by atoms with E-state index in [1.165, 1.54) is 11.4 Å². The largest absolute Gasteiger partial charge is 0.481 e. The van der Waals surface area contributed by atoms with E-state index in [4.69, 9.17) is 9.84 Å². The number of carboxylic acid groups (broad SMARTS) is 1. The van der Waals surface area contributed by atoms with Gasteiger partial charge in [-0.25, -0.2) is 12.7 Å². The molecule has 1 saturated heterocycles. The summed E-state index contributed by atoms with van der Waals surface area (Å²) in [6, 6.07) is 0. The number of hydrogen-bond donors (Lipinski definition) is 1. The predicted molar refractivity (Wildman–Crippen MR) is 69.4 cm³/mol. The molecule has 7 nitrogen and oxygen atoms in total. The molecule has 1 aliphatic heterocycles. The minimum Gasteiger partial charge on any atom is -0.481 e. The fraction of sp³-hybridized carbons (Fsp3) is 0.833. The first kappa shape index (κ1) is 15.2. The lowest BCUT2D eigenvalue weighted by Crippen LogP contribution is -2.48. The Morgan fingerprint density at radius 3 is 2.45 bits per heavy atom. The molecule has 8 heteroatoms. The highest BCUT2D eigenvalue weighted by Crippen LogP contribution is 2.43. The number of sulfonamides is 1. The molecule has 0 aromatic rings. The Kier molecular flexibility index (Phi) is 4.06. The Morgan fingerprint density at radius 2 is 2.05 bits per heavy atom. The van der Waals surface area contributed by atoms with E-state index in [0.29, 0.717) is 19.3 Å². The van der Waals surface area contributed by atoms with Gasteiger partial charge in [-0.2, -0.15) is 0 Å². The van der Waals surface area contributed by atoms with E-state index >= 15 is 0 Å². The van der Waals surface area contributed by atoms with Crippen LogP contribution in [0.1, 0.15) is 25.7 Å². The van der Waals surface area contributed by atoms with Crippen molar-refractivity contribution in [3.8, 4) is 0 Å². The molecule has 20 heavy (non-hydrogen) atoms. The Hall–Kier alpha value is -1.15. The van der Waals surface area contributed by atoms with Gasteiger partial charge in [0.2, 0.25) is 10.0 Å². The molecule has 114 valence electrons. The van der Waals surface area contributed by atoms with Crippen LogP contribution in [0.4, 0.5) is 0 Å². The lowest BCUT2D eigenvalue weighted by atomic mass is 9.70. The first-order valence-electron chi connectivity index (χ1n) is 6.60. The molecule has 0 radical (unpaired) electrons. The lowest BCUT2D eigenvalue weighted by molar-refractivity contribution is -0.156. The van der Waals surface area contributed by atoms with Crippen LogP contribution >= 0.6 is 0 Å². The Bertz CT molecular complexity index is 510. The van der Waals surface area contributed by atoms with Gasteiger partial charge in [-0.3, -0.25) is 9.59 Å². The number of hydrogen-bond acceptors (Lipinski definition) is 5. The highest BCUT2D eigenvalue weighted by Gasteiger charge is 2.50. The van der Waals surface area contributed by atoms with Crippen molar-refractivity contribution in [2.24, 2.45) is 11.3 Å². The second-order valence-corrected chi connectivity index (χ2v) is 7.53. The average molecular weight is 305 g/mol. The summed E-state index contributed by atoms with van der Waals surface area (Å²) in [5.41, 5.74) is -0.936. The zero-order valence-electron chi connectivity index (χ0n) is 11.4. The second kappa shape index (κ2) is 5.33. The molecular formula is C12H19NO6S. The van der Waals surface area contributed by atoms with E-state index in [1.807, 2.05) is 0 Å². The Balaban J connectivity index is 2.08. The molecule has 0 aromatic carbocycles. The van der Waals surface area contributed by atoms with Crippen LogP contribution in [0.3, 0.4) is 0 Å². The highest BCUT2D eigenvalue weighted by atomic mass is 32.2. The van der Waals surface area contributed by atoms with Crippen LogP contribution in [-0.4, -0.2) is 55.7 Å². The van der Waals surface area contributed by atoms with E-state index in [9.17, 15) is 18.0 Å². The standard InChI is InChI=1S/C12H19NO6S/c1-19-11(16)12(4-2-5-12)8-20(17,18)13-6-3-9(7-13)10(14)15/h9H,2-8H2,1H3,(H,14,15). The zero-order valence-corrected chi connectivity index (χ0v) is 12.2. The van der Waals surface area contributed by atoms with Gasteiger partial charge in [-0.1, -0.05) is 6.42 Å². The van der Waals surface area contributed by atoms with Crippen LogP contribution in [-0.2, 0) is 24.3 Å². The molecule has 1 atom stereocenters. The fourth-order valence-corrected chi connectivity index (χ4v) is 4.93. The maximum Gasteiger partial charge on any atom is 0.312 e. The van der Waals surface area contributed by atoms with Gasteiger partial charge in [0, 0.05) is 13.1 Å². The minimum atomic E-state index is -3.63. The SMILES string of the molecule is COC(=O)C1(CS(=O)(=O)N2CCC(C(=O)O)C2)CCC1. The molecule has 1 heterocycles. The molecule has 0 spiro atoms.